The molecule has 0 aromatic carbocycles. The van der Waals surface area contributed by atoms with Gasteiger partial charge in [0.25, 0.3) is 0 Å². The van der Waals surface area contributed by atoms with E-state index < -0.39 is 0 Å². The Bertz CT molecular complexity index is 263. The van der Waals surface area contributed by atoms with Crippen LogP contribution in [0.25, 0.3) is 0 Å². The molecule has 96 valence electrons. The number of hydrogen-bond donors (Lipinski definition) is 2. The maximum Gasteiger partial charge on any atom is 0.220 e. The van der Waals surface area contributed by atoms with Crippen LogP contribution in [-0.4, -0.2) is 23.9 Å². The lowest BCUT2D eigenvalue weighted by Gasteiger charge is -2.22. The van der Waals surface area contributed by atoms with E-state index in [1.165, 1.54) is 0 Å². The van der Waals surface area contributed by atoms with Crippen LogP contribution in [0.15, 0.2) is 0 Å². The number of amides is 2. The van der Waals surface area contributed by atoms with E-state index in [4.69, 9.17) is 0 Å². The van der Waals surface area contributed by atoms with Gasteiger partial charge >= 0.3 is 0 Å². The Morgan fingerprint density at radius 1 is 0.824 bits per heavy atom. The van der Waals surface area contributed by atoms with Gasteiger partial charge in [-0.3, -0.25) is 9.59 Å². The SMILES string of the molecule is O=C1CCCCC(CC2CCCCC(=O)N2)N1. The molecule has 2 atom stereocenters. The van der Waals surface area contributed by atoms with E-state index in [-0.39, 0.29) is 23.9 Å². The highest BCUT2D eigenvalue weighted by Crippen LogP contribution is 2.18. The number of rotatable bonds is 2. The summed E-state index contributed by atoms with van der Waals surface area (Å²) in [6.07, 6.45) is 8.56. The third kappa shape index (κ3) is 4.02. The number of carbonyl (C=O) groups excluding carboxylic acids is 2. The molecule has 2 aliphatic heterocycles. The zero-order valence-corrected chi connectivity index (χ0v) is 10.3. The fourth-order valence-corrected chi connectivity index (χ4v) is 2.79. The van der Waals surface area contributed by atoms with Crippen LogP contribution in [0.3, 0.4) is 0 Å². The Kier molecular flexibility index (Phi) is 4.40. The van der Waals surface area contributed by atoms with Crippen LogP contribution in [0.4, 0.5) is 0 Å². The molecule has 2 amide bonds. The minimum Gasteiger partial charge on any atom is -0.353 e. The summed E-state index contributed by atoms with van der Waals surface area (Å²) in [6, 6.07) is 0.516. The number of carbonyl (C=O) groups is 2. The molecule has 2 fully saturated rings. The fourth-order valence-electron chi connectivity index (χ4n) is 2.79. The van der Waals surface area contributed by atoms with Gasteiger partial charge in [0, 0.05) is 24.9 Å². The average Bonchev–Trinajstić information content (AvgIpc) is 2.59. The van der Waals surface area contributed by atoms with Gasteiger partial charge in [-0.1, -0.05) is 12.8 Å². The van der Waals surface area contributed by atoms with Crippen LogP contribution in [0.5, 0.6) is 0 Å². The predicted octanol–water partition coefficient (Wildman–Crippen LogP) is 1.49. The van der Waals surface area contributed by atoms with E-state index in [0.717, 1.165) is 44.9 Å². The van der Waals surface area contributed by atoms with Crippen molar-refractivity contribution in [2.45, 2.75) is 69.9 Å². The summed E-state index contributed by atoms with van der Waals surface area (Å²) in [5.74, 6) is 0.347. The highest BCUT2D eigenvalue weighted by atomic mass is 16.2. The lowest BCUT2D eigenvalue weighted by molar-refractivity contribution is -0.121. The van der Waals surface area contributed by atoms with Crippen molar-refractivity contribution in [3.63, 3.8) is 0 Å². The van der Waals surface area contributed by atoms with Gasteiger partial charge in [-0.05, 0) is 32.1 Å². The van der Waals surface area contributed by atoms with Gasteiger partial charge in [-0.15, -0.1) is 0 Å². The second-order valence-electron chi connectivity index (χ2n) is 5.26. The molecular formula is C13H22N2O2. The van der Waals surface area contributed by atoms with Gasteiger partial charge in [0.2, 0.25) is 11.8 Å². The molecule has 4 heteroatoms. The topological polar surface area (TPSA) is 58.2 Å². The highest BCUT2D eigenvalue weighted by molar-refractivity contribution is 5.77. The molecule has 2 saturated heterocycles. The smallest absolute Gasteiger partial charge is 0.220 e. The molecule has 0 aliphatic carbocycles. The van der Waals surface area contributed by atoms with Gasteiger partial charge in [0.1, 0.15) is 0 Å². The van der Waals surface area contributed by atoms with Crippen molar-refractivity contribution < 1.29 is 9.59 Å². The Morgan fingerprint density at radius 3 is 1.76 bits per heavy atom. The van der Waals surface area contributed by atoms with E-state index in [0.29, 0.717) is 12.8 Å². The van der Waals surface area contributed by atoms with Gasteiger partial charge in [-0.2, -0.15) is 0 Å². The first kappa shape index (κ1) is 12.4. The maximum atomic E-state index is 11.5. The Balaban J connectivity index is 1.85. The van der Waals surface area contributed by atoms with Gasteiger partial charge < -0.3 is 10.6 Å². The molecule has 2 aliphatic rings. The molecular weight excluding hydrogens is 216 g/mol. The van der Waals surface area contributed by atoms with E-state index in [1.807, 2.05) is 0 Å². The molecule has 2 heterocycles. The maximum absolute atomic E-state index is 11.5. The van der Waals surface area contributed by atoms with E-state index in [9.17, 15) is 9.59 Å². The van der Waals surface area contributed by atoms with Crippen LogP contribution in [0, 0.1) is 0 Å². The fraction of sp³-hybridized carbons (Fsp3) is 0.846. The summed E-state index contributed by atoms with van der Waals surface area (Å²) in [7, 11) is 0. The summed E-state index contributed by atoms with van der Waals surface area (Å²) in [5.41, 5.74) is 0. The second kappa shape index (κ2) is 6.03. The molecule has 0 aromatic heterocycles. The molecule has 0 bridgehead atoms. The van der Waals surface area contributed by atoms with E-state index in [1.54, 1.807) is 0 Å². The molecule has 0 saturated carbocycles. The summed E-state index contributed by atoms with van der Waals surface area (Å²) >= 11 is 0. The van der Waals surface area contributed by atoms with Crippen LogP contribution in [0.2, 0.25) is 0 Å². The first-order chi connectivity index (χ1) is 8.24. The quantitative estimate of drug-likeness (QED) is 0.766. The monoisotopic (exact) mass is 238 g/mol. The zero-order valence-electron chi connectivity index (χ0n) is 10.3. The molecule has 2 rings (SSSR count). The van der Waals surface area contributed by atoms with Crippen molar-refractivity contribution >= 4 is 11.8 Å². The third-order valence-electron chi connectivity index (χ3n) is 3.71. The van der Waals surface area contributed by atoms with Gasteiger partial charge in [-0.25, -0.2) is 0 Å². The van der Waals surface area contributed by atoms with E-state index >= 15 is 0 Å². The molecule has 2 unspecified atom stereocenters. The van der Waals surface area contributed by atoms with Crippen molar-refractivity contribution in [3.05, 3.63) is 0 Å². The van der Waals surface area contributed by atoms with Crippen molar-refractivity contribution in [2.75, 3.05) is 0 Å². The van der Waals surface area contributed by atoms with Crippen molar-refractivity contribution in [1.82, 2.24) is 10.6 Å². The largest absolute Gasteiger partial charge is 0.353 e. The predicted molar refractivity (Wildman–Crippen MR) is 65.4 cm³/mol. The minimum atomic E-state index is 0.174. The first-order valence-corrected chi connectivity index (χ1v) is 6.83. The van der Waals surface area contributed by atoms with Crippen LogP contribution >= 0.6 is 0 Å². The molecule has 0 spiro atoms. The lowest BCUT2D eigenvalue weighted by Crippen LogP contribution is -2.41. The molecule has 0 aromatic rings. The molecule has 4 nitrogen and oxygen atoms in total. The van der Waals surface area contributed by atoms with Crippen LogP contribution < -0.4 is 10.6 Å². The van der Waals surface area contributed by atoms with Crippen LogP contribution in [-0.2, 0) is 9.59 Å². The standard InChI is InChI=1S/C13H22N2O2/c16-12-7-3-1-5-10(14-12)9-11-6-2-4-8-13(17)15-11/h10-11H,1-9H2,(H,14,16)(H,15,17). The lowest BCUT2D eigenvalue weighted by atomic mass is 9.99. The normalized spacial score (nSPS) is 31.1. The summed E-state index contributed by atoms with van der Waals surface area (Å²) < 4.78 is 0. The summed E-state index contributed by atoms with van der Waals surface area (Å²) in [4.78, 5) is 22.9. The Morgan fingerprint density at radius 2 is 1.29 bits per heavy atom. The minimum absolute atomic E-state index is 0.174. The third-order valence-corrected chi connectivity index (χ3v) is 3.71. The van der Waals surface area contributed by atoms with Crippen molar-refractivity contribution in [1.29, 1.82) is 0 Å². The van der Waals surface area contributed by atoms with Gasteiger partial charge in [0.05, 0.1) is 0 Å². The zero-order chi connectivity index (χ0) is 12.1. The van der Waals surface area contributed by atoms with Crippen LogP contribution in [0.1, 0.15) is 57.8 Å². The Hall–Kier alpha value is -1.06. The Labute approximate surface area is 103 Å². The number of nitrogens with one attached hydrogen (secondary N) is 2. The molecule has 17 heavy (non-hydrogen) atoms. The second-order valence-corrected chi connectivity index (χ2v) is 5.26. The van der Waals surface area contributed by atoms with E-state index in [2.05, 4.69) is 10.6 Å². The summed E-state index contributed by atoms with van der Waals surface area (Å²) in [5, 5.41) is 6.14. The summed E-state index contributed by atoms with van der Waals surface area (Å²) in [6.45, 7) is 0. The molecule has 2 N–H and O–H groups in total. The first-order valence-electron chi connectivity index (χ1n) is 6.83. The number of hydrogen-bond acceptors (Lipinski definition) is 2. The average molecular weight is 238 g/mol. The molecule has 0 radical (unpaired) electrons. The van der Waals surface area contributed by atoms with Crippen molar-refractivity contribution in [3.8, 4) is 0 Å². The highest BCUT2D eigenvalue weighted by Gasteiger charge is 2.23. The van der Waals surface area contributed by atoms with Gasteiger partial charge in [0.15, 0.2) is 0 Å². The van der Waals surface area contributed by atoms with Crippen molar-refractivity contribution in [2.24, 2.45) is 0 Å².